The Morgan fingerprint density at radius 3 is 1.48 bits per heavy atom. The summed E-state index contributed by atoms with van der Waals surface area (Å²) in [6, 6.07) is 21.4. The van der Waals surface area contributed by atoms with Crippen molar-refractivity contribution in [3.05, 3.63) is 83.9 Å². The van der Waals surface area contributed by atoms with E-state index in [2.05, 4.69) is 0 Å². The molecule has 3 rings (SSSR count). The van der Waals surface area contributed by atoms with E-state index in [1.807, 2.05) is 24.3 Å². The maximum atomic E-state index is 12.5. The van der Waals surface area contributed by atoms with Gasteiger partial charge in [-0.05, 0) is 41.0 Å². The standard InChI is InChI=1S/C24H20O5/c1-16(25)28-22-11-3-18(4-12-22)15-24(27)21-7-5-19(6-8-21)20-9-13-23(14-10-20)29-17(2)26/h3-14H,15H2,1-2H3. The monoisotopic (exact) mass is 388 g/mol. The minimum atomic E-state index is -0.380. The highest BCUT2D eigenvalue weighted by Crippen LogP contribution is 2.23. The van der Waals surface area contributed by atoms with Crippen molar-refractivity contribution in [2.75, 3.05) is 0 Å². The van der Waals surface area contributed by atoms with Gasteiger partial charge in [0.1, 0.15) is 11.5 Å². The zero-order chi connectivity index (χ0) is 20.8. The van der Waals surface area contributed by atoms with Crippen LogP contribution in [0.3, 0.4) is 0 Å². The van der Waals surface area contributed by atoms with Crippen LogP contribution in [0.4, 0.5) is 0 Å². The number of ketones is 1. The van der Waals surface area contributed by atoms with Crippen LogP contribution in [0.2, 0.25) is 0 Å². The zero-order valence-electron chi connectivity index (χ0n) is 16.2. The number of carbonyl (C=O) groups excluding carboxylic acids is 3. The van der Waals surface area contributed by atoms with Gasteiger partial charge in [-0.3, -0.25) is 14.4 Å². The van der Waals surface area contributed by atoms with Crippen molar-refractivity contribution in [3.8, 4) is 22.6 Å². The molecule has 0 saturated carbocycles. The fraction of sp³-hybridized carbons (Fsp3) is 0.125. The number of Topliss-reactive ketones (excluding diaryl/α,β-unsaturated/α-hetero) is 1. The molecule has 0 aliphatic rings. The van der Waals surface area contributed by atoms with Crippen LogP contribution in [0.25, 0.3) is 11.1 Å². The molecule has 3 aromatic rings. The Balaban J connectivity index is 1.65. The van der Waals surface area contributed by atoms with Gasteiger partial charge in [0.05, 0.1) is 0 Å². The average molecular weight is 388 g/mol. The Morgan fingerprint density at radius 2 is 1.03 bits per heavy atom. The van der Waals surface area contributed by atoms with Crippen LogP contribution in [-0.2, 0) is 16.0 Å². The van der Waals surface area contributed by atoms with Crippen LogP contribution in [0.1, 0.15) is 29.8 Å². The molecule has 0 aromatic heterocycles. The number of hydrogen-bond acceptors (Lipinski definition) is 5. The SMILES string of the molecule is CC(=O)Oc1ccc(CC(=O)c2ccc(-c3ccc(OC(C)=O)cc3)cc2)cc1. The van der Waals surface area contributed by atoms with Crippen molar-refractivity contribution in [3.63, 3.8) is 0 Å². The summed E-state index contributed by atoms with van der Waals surface area (Å²) in [5, 5.41) is 0. The molecule has 0 bridgehead atoms. The van der Waals surface area contributed by atoms with Crippen molar-refractivity contribution < 1.29 is 23.9 Å². The Bertz CT molecular complexity index is 1020. The first-order valence-corrected chi connectivity index (χ1v) is 9.10. The van der Waals surface area contributed by atoms with Gasteiger partial charge in [0.25, 0.3) is 0 Å². The highest BCUT2D eigenvalue weighted by atomic mass is 16.5. The van der Waals surface area contributed by atoms with Gasteiger partial charge in [0, 0.05) is 25.8 Å². The van der Waals surface area contributed by atoms with Crippen LogP contribution in [-0.4, -0.2) is 17.7 Å². The van der Waals surface area contributed by atoms with Crippen molar-refractivity contribution in [2.24, 2.45) is 0 Å². The highest BCUT2D eigenvalue weighted by Gasteiger charge is 2.09. The van der Waals surface area contributed by atoms with Crippen molar-refractivity contribution in [1.29, 1.82) is 0 Å². The lowest BCUT2D eigenvalue weighted by Gasteiger charge is -2.07. The molecule has 0 amide bonds. The average Bonchev–Trinajstić information content (AvgIpc) is 2.69. The smallest absolute Gasteiger partial charge is 0.308 e. The number of benzene rings is 3. The lowest BCUT2D eigenvalue weighted by molar-refractivity contribution is -0.132. The Labute approximate surface area is 168 Å². The van der Waals surface area contributed by atoms with E-state index >= 15 is 0 Å². The van der Waals surface area contributed by atoms with Crippen LogP contribution >= 0.6 is 0 Å². The van der Waals surface area contributed by atoms with E-state index in [0.717, 1.165) is 16.7 Å². The molecule has 146 valence electrons. The van der Waals surface area contributed by atoms with Crippen LogP contribution in [0.5, 0.6) is 11.5 Å². The predicted molar refractivity (Wildman–Crippen MR) is 109 cm³/mol. The normalized spacial score (nSPS) is 10.3. The van der Waals surface area contributed by atoms with Crippen molar-refractivity contribution in [1.82, 2.24) is 0 Å². The van der Waals surface area contributed by atoms with Gasteiger partial charge >= 0.3 is 11.9 Å². The summed E-state index contributed by atoms with van der Waals surface area (Å²) in [5.74, 6) is 0.212. The van der Waals surface area contributed by atoms with Crippen LogP contribution in [0.15, 0.2) is 72.8 Å². The third-order valence-corrected chi connectivity index (χ3v) is 4.21. The summed E-state index contributed by atoms with van der Waals surface area (Å²) < 4.78 is 10.0. The summed E-state index contributed by atoms with van der Waals surface area (Å²) >= 11 is 0. The molecule has 0 aliphatic heterocycles. The van der Waals surface area contributed by atoms with Gasteiger partial charge in [-0.15, -0.1) is 0 Å². The number of esters is 2. The number of carbonyl (C=O) groups is 3. The Kier molecular flexibility index (Phi) is 6.19. The lowest BCUT2D eigenvalue weighted by Crippen LogP contribution is -2.04. The summed E-state index contributed by atoms with van der Waals surface area (Å²) in [6.07, 6.45) is 0.261. The molecule has 5 heteroatoms. The Hall–Kier alpha value is -3.73. The van der Waals surface area contributed by atoms with Crippen molar-refractivity contribution >= 4 is 17.7 Å². The molecular weight excluding hydrogens is 368 g/mol. The van der Waals surface area contributed by atoms with E-state index in [1.54, 1.807) is 48.5 Å². The fourth-order valence-corrected chi connectivity index (χ4v) is 2.86. The molecule has 0 heterocycles. The summed E-state index contributed by atoms with van der Waals surface area (Å²) in [7, 11) is 0. The first-order valence-electron chi connectivity index (χ1n) is 9.10. The minimum absolute atomic E-state index is 0.00184. The summed E-state index contributed by atoms with van der Waals surface area (Å²) in [4.78, 5) is 34.5. The van der Waals surface area contributed by atoms with Gasteiger partial charge in [0.2, 0.25) is 0 Å². The molecule has 0 N–H and O–H groups in total. The predicted octanol–water partition coefficient (Wildman–Crippen LogP) is 4.63. The number of ether oxygens (including phenoxy) is 2. The van der Waals surface area contributed by atoms with E-state index in [0.29, 0.717) is 17.1 Å². The largest absolute Gasteiger partial charge is 0.427 e. The first-order chi connectivity index (χ1) is 13.9. The number of rotatable bonds is 6. The fourth-order valence-electron chi connectivity index (χ4n) is 2.86. The van der Waals surface area contributed by atoms with Gasteiger partial charge in [-0.25, -0.2) is 0 Å². The molecule has 29 heavy (non-hydrogen) atoms. The number of hydrogen-bond donors (Lipinski definition) is 0. The lowest BCUT2D eigenvalue weighted by atomic mass is 9.99. The third-order valence-electron chi connectivity index (χ3n) is 4.21. The molecule has 0 aliphatic carbocycles. The van der Waals surface area contributed by atoms with E-state index in [9.17, 15) is 14.4 Å². The third kappa shape index (κ3) is 5.62. The molecule has 0 fully saturated rings. The second-order valence-corrected chi connectivity index (χ2v) is 6.53. The van der Waals surface area contributed by atoms with Gasteiger partial charge in [-0.1, -0.05) is 48.5 Å². The summed E-state index contributed by atoms with van der Waals surface area (Å²) in [5.41, 5.74) is 3.38. The quantitative estimate of drug-likeness (QED) is 0.350. The molecule has 5 nitrogen and oxygen atoms in total. The molecule has 0 atom stereocenters. The molecule has 0 saturated heterocycles. The summed E-state index contributed by atoms with van der Waals surface area (Å²) in [6.45, 7) is 2.70. The maximum Gasteiger partial charge on any atom is 0.308 e. The van der Waals surface area contributed by atoms with E-state index in [-0.39, 0.29) is 24.1 Å². The minimum Gasteiger partial charge on any atom is -0.427 e. The first kappa shape index (κ1) is 20.0. The zero-order valence-corrected chi connectivity index (χ0v) is 16.2. The van der Waals surface area contributed by atoms with Crippen LogP contribution in [0, 0.1) is 0 Å². The van der Waals surface area contributed by atoms with Crippen LogP contribution < -0.4 is 9.47 Å². The topological polar surface area (TPSA) is 69.7 Å². The van der Waals surface area contributed by atoms with Gasteiger partial charge < -0.3 is 9.47 Å². The molecule has 0 unspecified atom stereocenters. The second-order valence-electron chi connectivity index (χ2n) is 6.53. The molecular formula is C24H20O5. The Morgan fingerprint density at radius 1 is 0.621 bits per heavy atom. The highest BCUT2D eigenvalue weighted by molar-refractivity contribution is 5.98. The molecule has 3 aromatic carbocycles. The van der Waals surface area contributed by atoms with Gasteiger partial charge in [-0.2, -0.15) is 0 Å². The van der Waals surface area contributed by atoms with E-state index < -0.39 is 0 Å². The van der Waals surface area contributed by atoms with Gasteiger partial charge in [0.15, 0.2) is 5.78 Å². The second kappa shape index (κ2) is 8.97. The van der Waals surface area contributed by atoms with E-state index in [1.165, 1.54) is 13.8 Å². The molecule has 0 radical (unpaired) electrons. The van der Waals surface area contributed by atoms with E-state index in [4.69, 9.17) is 9.47 Å². The molecule has 0 spiro atoms. The maximum absolute atomic E-state index is 12.5. The van der Waals surface area contributed by atoms with Crippen molar-refractivity contribution in [2.45, 2.75) is 20.3 Å².